The van der Waals surface area contributed by atoms with Crippen molar-refractivity contribution >= 4 is 0 Å². The Bertz CT molecular complexity index is 644. The Hall–Kier alpha value is -1.83. The summed E-state index contributed by atoms with van der Waals surface area (Å²) < 4.78 is 23.7. The molecule has 0 radical (unpaired) electrons. The molecule has 1 heterocycles. The van der Waals surface area contributed by atoms with Gasteiger partial charge in [0.2, 0.25) is 0 Å². The van der Waals surface area contributed by atoms with Gasteiger partial charge in [0.1, 0.15) is 0 Å². The van der Waals surface area contributed by atoms with Gasteiger partial charge in [-0.25, -0.2) is 0 Å². The zero-order valence-corrected chi connectivity index (χ0v) is 9.10. The Morgan fingerprint density at radius 2 is 2.06 bits per heavy atom. The van der Waals surface area contributed by atoms with Gasteiger partial charge in [0, 0.05) is 16.4 Å². The van der Waals surface area contributed by atoms with E-state index in [1.807, 2.05) is 31.2 Å². The normalized spacial score (nSPS) is 13.9. The number of hydrogen-bond donors (Lipinski definition) is 0. The third-order valence-electron chi connectivity index (χ3n) is 2.54. The zero-order valence-electron chi connectivity index (χ0n) is 12.1. The van der Waals surface area contributed by atoms with E-state index >= 15 is 0 Å². The van der Waals surface area contributed by atoms with Gasteiger partial charge < -0.3 is 0 Å². The molecule has 0 N–H and O–H groups in total. The number of pyridine rings is 1. The molecule has 2 rings (SSSR count). The van der Waals surface area contributed by atoms with Crippen molar-refractivity contribution in [3.05, 3.63) is 64.1 Å². The Balaban J connectivity index is 2.65. The topological polar surface area (TPSA) is 22.0 Å². The van der Waals surface area contributed by atoms with Gasteiger partial charge >= 0.3 is 0 Å². The van der Waals surface area contributed by atoms with Crippen molar-refractivity contribution in [2.45, 2.75) is 20.2 Å². The lowest BCUT2D eigenvalue weighted by Crippen LogP contribution is -2.17. The summed E-state index contributed by atoms with van der Waals surface area (Å²) in [7, 11) is 0. The highest BCUT2D eigenvalue weighted by atomic mass is 16.1. The number of aromatic nitrogens is 1. The van der Waals surface area contributed by atoms with Crippen molar-refractivity contribution in [3.8, 4) is 5.69 Å². The summed E-state index contributed by atoms with van der Waals surface area (Å²) in [5.74, 6) is 0. The molecule has 0 bridgehead atoms. The lowest BCUT2D eigenvalue weighted by Gasteiger charge is -2.10. The fourth-order valence-electron chi connectivity index (χ4n) is 1.72. The molecule has 2 nitrogen and oxygen atoms in total. The minimum Gasteiger partial charge on any atom is -0.284 e. The standard InChI is InChI=1S/C14H15NO/c1-3-12-6-4-5-7-13(12)15-10-11(2)8-9-14(15)16/h4-10H,3H2,1-2H3/i2D3. The molecule has 0 saturated heterocycles. The van der Waals surface area contributed by atoms with Crippen molar-refractivity contribution in [3.63, 3.8) is 0 Å². The van der Waals surface area contributed by atoms with Crippen LogP contribution in [0.5, 0.6) is 0 Å². The van der Waals surface area contributed by atoms with Crippen LogP contribution >= 0.6 is 0 Å². The van der Waals surface area contributed by atoms with E-state index in [2.05, 4.69) is 0 Å². The molecule has 0 fully saturated rings. The molecule has 0 atom stereocenters. The number of benzene rings is 1. The van der Waals surface area contributed by atoms with Gasteiger partial charge in [-0.15, -0.1) is 0 Å². The molecule has 2 heteroatoms. The predicted octanol–water partition coefficient (Wildman–Crippen LogP) is 2.71. The smallest absolute Gasteiger partial charge is 0.255 e. The minimum atomic E-state index is -2.21. The highest BCUT2D eigenvalue weighted by Gasteiger charge is 2.03. The van der Waals surface area contributed by atoms with Crippen LogP contribution in [0.15, 0.2) is 47.4 Å². The lowest BCUT2D eigenvalue weighted by molar-refractivity contribution is 0.946. The molecule has 82 valence electrons. The molecular weight excluding hydrogens is 198 g/mol. The first-order valence-corrected chi connectivity index (χ1v) is 5.25. The highest BCUT2D eigenvalue weighted by Crippen LogP contribution is 2.13. The lowest BCUT2D eigenvalue weighted by atomic mass is 10.1. The first-order chi connectivity index (χ1) is 8.93. The van der Waals surface area contributed by atoms with Gasteiger partial charge in [0.05, 0.1) is 5.69 Å². The summed E-state index contributed by atoms with van der Waals surface area (Å²) in [5, 5.41) is 0. The predicted molar refractivity (Wildman–Crippen MR) is 66.2 cm³/mol. The highest BCUT2D eigenvalue weighted by molar-refractivity contribution is 5.41. The average Bonchev–Trinajstić information content (AvgIpc) is 2.38. The van der Waals surface area contributed by atoms with E-state index in [1.54, 1.807) is 0 Å². The molecule has 0 saturated carbocycles. The van der Waals surface area contributed by atoms with Gasteiger partial charge in [-0.1, -0.05) is 31.2 Å². The summed E-state index contributed by atoms with van der Waals surface area (Å²) >= 11 is 0. The maximum absolute atomic E-state index is 11.9. The average molecular weight is 216 g/mol. The Morgan fingerprint density at radius 1 is 1.25 bits per heavy atom. The monoisotopic (exact) mass is 216 g/mol. The first kappa shape index (κ1) is 7.44. The van der Waals surface area contributed by atoms with E-state index in [-0.39, 0.29) is 11.1 Å². The summed E-state index contributed by atoms with van der Waals surface area (Å²) in [5.41, 5.74) is 1.68. The van der Waals surface area contributed by atoms with Crippen LogP contribution in [0.25, 0.3) is 5.69 Å². The maximum atomic E-state index is 11.9. The molecule has 1 aromatic carbocycles. The Labute approximate surface area is 99.4 Å². The molecular formula is C14H15NO. The largest absolute Gasteiger partial charge is 0.284 e. The SMILES string of the molecule is [2H]C([2H])([2H])c1ccc(=O)n(-c2ccccc2CC)c1. The summed E-state index contributed by atoms with van der Waals surface area (Å²) in [6.07, 6.45) is 2.18. The summed E-state index contributed by atoms with van der Waals surface area (Å²) in [6, 6.07) is 10.2. The molecule has 1 aromatic heterocycles. The van der Waals surface area contributed by atoms with E-state index in [9.17, 15) is 4.79 Å². The number of nitrogens with zero attached hydrogens (tertiary/aromatic N) is 1. The van der Waals surface area contributed by atoms with Crippen LogP contribution in [0.3, 0.4) is 0 Å². The van der Waals surface area contributed by atoms with Crippen LogP contribution in [-0.4, -0.2) is 4.57 Å². The van der Waals surface area contributed by atoms with Gasteiger partial charge in [0.25, 0.3) is 5.56 Å². The van der Waals surface area contributed by atoms with Gasteiger partial charge in [0.15, 0.2) is 0 Å². The second kappa shape index (κ2) is 4.35. The van der Waals surface area contributed by atoms with Crippen molar-refractivity contribution in [2.75, 3.05) is 0 Å². The summed E-state index contributed by atoms with van der Waals surface area (Å²) in [4.78, 5) is 11.9. The number of para-hydroxylation sites is 1. The molecule has 0 aliphatic carbocycles. The van der Waals surface area contributed by atoms with E-state index in [4.69, 9.17) is 4.11 Å². The van der Waals surface area contributed by atoms with Crippen LogP contribution in [0.1, 0.15) is 22.2 Å². The number of aryl methyl sites for hydroxylation is 2. The Kier molecular flexibility index (Phi) is 2.03. The quantitative estimate of drug-likeness (QED) is 0.756. The van der Waals surface area contributed by atoms with Crippen molar-refractivity contribution in [2.24, 2.45) is 0 Å². The van der Waals surface area contributed by atoms with Crippen LogP contribution in [0.4, 0.5) is 0 Å². The number of rotatable bonds is 2. The van der Waals surface area contributed by atoms with Crippen molar-refractivity contribution in [1.29, 1.82) is 0 Å². The van der Waals surface area contributed by atoms with Crippen LogP contribution in [0.2, 0.25) is 0 Å². The molecule has 0 aliphatic rings. The van der Waals surface area contributed by atoms with E-state index < -0.39 is 6.85 Å². The fourth-order valence-corrected chi connectivity index (χ4v) is 1.72. The minimum absolute atomic E-state index is 0.165. The van der Waals surface area contributed by atoms with Crippen molar-refractivity contribution in [1.82, 2.24) is 4.57 Å². The molecule has 0 aliphatic heterocycles. The van der Waals surface area contributed by atoms with E-state index in [0.717, 1.165) is 17.7 Å². The molecule has 2 aromatic rings. The van der Waals surface area contributed by atoms with Gasteiger partial charge in [-0.05, 0) is 30.5 Å². The summed E-state index contributed by atoms with van der Waals surface area (Å²) in [6.45, 7) is -0.214. The number of hydrogen-bond acceptors (Lipinski definition) is 1. The van der Waals surface area contributed by atoms with Crippen LogP contribution in [0, 0.1) is 6.85 Å². The third-order valence-corrected chi connectivity index (χ3v) is 2.54. The van der Waals surface area contributed by atoms with Gasteiger partial charge in [-0.3, -0.25) is 9.36 Å². The van der Waals surface area contributed by atoms with E-state index in [0.29, 0.717) is 0 Å². The van der Waals surface area contributed by atoms with Crippen molar-refractivity contribution < 1.29 is 4.11 Å². The van der Waals surface area contributed by atoms with Gasteiger partial charge in [-0.2, -0.15) is 0 Å². The third kappa shape index (κ3) is 1.91. The first-order valence-electron chi connectivity index (χ1n) is 6.75. The van der Waals surface area contributed by atoms with Crippen LogP contribution < -0.4 is 5.56 Å². The molecule has 0 spiro atoms. The Morgan fingerprint density at radius 3 is 2.81 bits per heavy atom. The zero-order chi connectivity index (χ0) is 14.0. The molecule has 16 heavy (non-hydrogen) atoms. The maximum Gasteiger partial charge on any atom is 0.255 e. The van der Waals surface area contributed by atoms with E-state index in [1.165, 1.54) is 22.9 Å². The molecule has 0 unspecified atom stereocenters. The second-order valence-electron chi connectivity index (χ2n) is 3.61. The fraction of sp³-hybridized carbons (Fsp3) is 0.214. The van der Waals surface area contributed by atoms with Crippen LogP contribution in [-0.2, 0) is 6.42 Å². The molecule has 0 amide bonds. The second-order valence-corrected chi connectivity index (χ2v) is 3.61.